The van der Waals surface area contributed by atoms with E-state index in [0.717, 1.165) is 16.7 Å². The smallest absolute Gasteiger partial charge is 0.330 e. The lowest BCUT2D eigenvalue weighted by Gasteiger charge is -2.31. The van der Waals surface area contributed by atoms with Gasteiger partial charge in [-0.2, -0.15) is 0 Å². The molecular weight excluding hydrogens is 436 g/mol. The van der Waals surface area contributed by atoms with Crippen LogP contribution >= 0.6 is 0 Å². The molecule has 1 amide bonds. The van der Waals surface area contributed by atoms with Crippen molar-refractivity contribution in [3.8, 4) is 0 Å². The average molecular weight is 469 g/mol. The molecule has 1 heterocycles. The van der Waals surface area contributed by atoms with Crippen LogP contribution in [0.5, 0.6) is 0 Å². The SMILES string of the molecule is CC(C)(C)OC(=O)C(Cc1ccccc1)N1C=NC(Cc2ccccc2)(Cc2ccccc2)C1=O. The van der Waals surface area contributed by atoms with Crippen LogP contribution in [-0.2, 0) is 33.6 Å². The van der Waals surface area contributed by atoms with Gasteiger partial charge >= 0.3 is 5.97 Å². The van der Waals surface area contributed by atoms with Gasteiger partial charge in [-0.1, -0.05) is 91.0 Å². The first kappa shape index (κ1) is 24.4. The van der Waals surface area contributed by atoms with E-state index in [1.807, 2.05) is 112 Å². The molecule has 0 aromatic heterocycles. The number of nitrogens with zero attached hydrogens (tertiary/aromatic N) is 2. The molecule has 35 heavy (non-hydrogen) atoms. The summed E-state index contributed by atoms with van der Waals surface area (Å²) >= 11 is 0. The molecule has 3 aromatic carbocycles. The Hall–Kier alpha value is -3.73. The van der Waals surface area contributed by atoms with Crippen LogP contribution in [0.4, 0.5) is 0 Å². The summed E-state index contributed by atoms with van der Waals surface area (Å²) in [5, 5.41) is 0. The number of hydrogen-bond acceptors (Lipinski definition) is 4. The molecule has 0 N–H and O–H groups in total. The van der Waals surface area contributed by atoms with Crippen LogP contribution in [0.15, 0.2) is 96.0 Å². The molecule has 0 aliphatic carbocycles. The molecule has 5 heteroatoms. The van der Waals surface area contributed by atoms with Crippen LogP contribution in [0.1, 0.15) is 37.5 Å². The Bertz CT molecular complexity index is 1130. The molecule has 3 aromatic rings. The summed E-state index contributed by atoms with van der Waals surface area (Å²) in [7, 11) is 0. The van der Waals surface area contributed by atoms with E-state index in [1.54, 1.807) is 6.34 Å². The summed E-state index contributed by atoms with van der Waals surface area (Å²) in [5.41, 5.74) is 1.30. The predicted octanol–water partition coefficient (Wildman–Crippen LogP) is 5.03. The predicted molar refractivity (Wildman–Crippen MR) is 138 cm³/mol. The molecule has 5 nitrogen and oxygen atoms in total. The maximum absolute atomic E-state index is 14.1. The van der Waals surface area contributed by atoms with Crippen molar-refractivity contribution in [2.45, 2.75) is 57.2 Å². The molecule has 1 aliphatic rings. The first-order valence-electron chi connectivity index (χ1n) is 12.0. The number of ether oxygens (including phenoxy) is 1. The molecule has 0 saturated carbocycles. The number of carbonyl (C=O) groups is 2. The second kappa shape index (κ2) is 10.3. The van der Waals surface area contributed by atoms with Crippen LogP contribution in [-0.4, -0.2) is 40.3 Å². The lowest BCUT2D eigenvalue weighted by Crippen LogP contribution is -2.52. The van der Waals surface area contributed by atoms with Crippen molar-refractivity contribution in [3.05, 3.63) is 108 Å². The number of carbonyl (C=O) groups excluding carboxylic acids is 2. The van der Waals surface area contributed by atoms with Gasteiger partial charge in [0, 0.05) is 19.3 Å². The Balaban J connectivity index is 1.68. The van der Waals surface area contributed by atoms with Gasteiger partial charge < -0.3 is 4.74 Å². The molecule has 0 saturated heterocycles. The quantitative estimate of drug-likeness (QED) is 0.436. The van der Waals surface area contributed by atoms with Gasteiger partial charge in [0.2, 0.25) is 0 Å². The molecule has 180 valence electrons. The largest absolute Gasteiger partial charge is 0.458 e. The third kappa shape index (κ3) is 6.04. The Morgan fingerprint density at radius 1 is 0.829 bits per heavy atom. The first-order chi connectivity index (χ1) is 16.8. The molecule has 0 radical (unpaired) electrons. The summed E-state index contributed by atoms with van der Waals surface area (Å²) < 4.78 is 5.74. The van der Waals surface area contributed by atoms with Crippen molar-refractivity contribution in [3.63, 3.8) is 0 Å². The van der Waals surface area contributed by atoms with Gasteiger partial charge in [0.15, 0.2) is 0 Å². The summed E-state index contributed by atoms with van der Waals surface area (Å²) in [4.78, 5) is 33.8. The highest BCUT2D eigenvalue weighted by Crippen LogP contribution is 2.31. The normalized spacial score (nSPS) is 15.7. The van der Waals surface area contributed by atoms with Gasteiger partial charge in [-0.15, -0.1) is 0 Å². The van der Waals surface area contributed by atoms with Crippen LogP contribution in [0, 0.1) is 0 Å². The molecular formula is C30H32N2O3. The zero-order valence-electron chi connectivity index (χ0n) is 20.6. The Kier molecular flexibility index (Phi) is 7.15. The van der Waals surface area contributed by atoms with Crippen molar-refractivity contribution in [2.24, 2.45) is 4.99 Å². The number of esters is 1. The van der Waals surface area contributed by atoms with E-state index in [2.05, 4.69) is 0 Å². The molecule has 0 spiro atoms. The molecule has 0 fully saturated rings. The minimum Gasteiger partial charge on any atom is -0.458 e. The third-order valence-corrected chi connectivity index (χ3v) is 6.03. The molecule has 4 rings (SSSR count). The van der Waals surface area contributed by atoms with E-state index in [-0.39, 0.29) is 5.91 Å². The summed E-state index contributed by atoms with van der Waals surface area (Å²) in [6, 6.07) is 28.7. The van der Waals surface area contributed by atoms with E-state index in [4.69, 9.17) is 9.73 Å². The monoisotopic (exact) mass is 468 g/mol. The highest BCUT2D eigenvalue weighted by atomic mass is 16.6. The van der Waals surface area contributed by atoms with Gasteiger partial charge in [-0.25, -0.2) is 4.79 Å². The van der Waals surface area contributed by atoms with E-state index in [0.29, 0.717) is 19.3 Å². The maximum Gasteiger partial charge on any atom is 0.330 e. The van der Waals surface area contributed by atoms with Gasteiger partial charge in [-0.05, 0) is 37.5 Å². The van der Waals surface area contributed by atoms with Gasteiger partial charge in [0.05, 0.1) is 6.34 Å². The third-order valence-electron chi connectivity index (χ3n) is 6.03. The lowest BCUT2D eigenvalue weighted by atomic mass is 9.84. The molecule has 1 unspecified atom stereocenters. The average Bonchev–Trinajstić information content (AvgIpc) is 3.13. The van der Waals surface area contributed by atoms with Crippen molar-refractivity contribution in [1.82, 2.24) is 4.90 Å². The summed E-state index contributed by atoms with van der Waals surface area (Å²) in [6.07, 6.45) is 2.79. The number of aliphatic imine (C=N–C) groups is 1. The van der Waals surface area contributed by atoms with Crippen molar-refractivity contribution in [2.75, 3.05) is 0 Å². The molecule has 1 atom stereocenters. The van der Waals surface area contributed by atoms with E-state index in [1.165, 1.54) is 4.90 Å². The Morgan fingerprint density at radius 2 is 1.29 bits per heavy atom. The van der Waals surface area contributed by atoms with Crippen LogP contribution in [0.2, 0.25) is 0 Å². The first-order valence-corrected chi connectivity index (χ1v) is 12.0. The number of hydrogen-bond donors (Lipinski definition) is 0. The number of benzene rings is 3. The Morgan fingerprint density at radius 3 is 1.74 bits per heavy atom. The van der Waals surface area contributed by atoms with Gasteiger partial charge in [0.1, 0.15) is 17.2 Å². The molecule has 1 aliphatic heterocycles. The van der Waals surface area contributed by atoms with Crippen molar-refractivity contribution in [1.29, 1.82) is 0 Å². The standard InChI is InChI=1S/C30H32N2O3/c1-29(2,3)35-27(33)26(19-23-13-7-4-8-14-23)32-22-31-30(28(32)34,20-24-15-9-5-10-16-24)21-25-17-11-6-12-18-25/h4-18,22,26H,19-21H2,1-3H3. The number of rotatable bonds is 8. The minimum atomic E-state index is -1.03. The van der Waals surface area contributed by atoms with Gasteiger partial charge in [0.25, 0.3) is 5.91 Å². The highest BCUT2D eigenvalue weighted by molar-refractivity contribution is 6.03. The van der Waals surface area contributed by atoms with E-state index >= 15 is 0 Å². The van der Waals surface area contributed by atoms with Gasteiger partial charge in [-0.3, -0.25) is 14.7 Å². The Labute approximate surface area is 207 Å². The maximum atomic E-state index is 14.1. The van der Waals surface area contributed by atoms with E-state index < -0.39 is 23.2 Å². The van der Waals surface area contributed by atoms with Crippen LogP contribution < -0.4 is 0 Å². The van der Waals surface area contributed by atoms with Crippen molar-refractivity contribution < 1.29 is 14.3 Å². The highest BCUT2D eigenvalue weighted by Gasteiger charge is 2.48. The van der Waals surface area contributed by atoms with Crippen LogP contribution in [0.3, 0.4) is 0 Å². The zero-order chi connectivity index (χ0) is 24.9. The van der Waals surface area contributed by atoms with E-state index in [9.17, 15) is 9.59 Å². The fourth-order valence-corrected chi connectivity index (χ4v) is 4.42. The van der Waals surface area contributed by atoms with Crippen LogP contribution in [0.25, 0.3) is 0 Å². The fourth-order valence-electron chi connectivity index (χ4n) is 4.42. The fraction of sp³-hybridized carbons (Fsp3) is 0.300. The number of amides is 1. The summed E-state index contributed by atoms with van der Waals surface area (Å²) in [6.45, 7) is 5.50. The summed E-state index contributed by atoms with van der Waals surface area (Å²) in [5.74, 6) is -0.617. The van der Waals surface area contributed by atoms with Crippen molar-refractivity contribution >= 4 is 18.2 Å². The molecule has 0 bridgehead atoms. The second-order valence-corrected chi connectivity index (χ2v) is 10.1. The minimum absolute atomic E-state index is 0.183. The lowest BCUT2D eigenvalue weighted by molar-refractivity contribution is -0.162. The second-order valence-electron chi connectivity index (χ2n) is 10.1. The zero-order valence-corrected chi connectivity index (χ0v) is 20.6. The topological polar surface area (TPSA) is 59.0 Å².